The van der Waals surface area contributed by atoms with Crippen molar-refractivity contribution in [3.05, 3.63) is 54.0 Å². The van der Waals surface area contributed by atoms with Gasteiger partial charge in [-0.3, -0.25) is 4.79 Å². The summed E-state index contributed by atoms with van der Waals surface area (Å²) in [5.41, 5.74) is 1.42. The number of hydrogen-bond donors (Lipinski definition) is 1. The fourth-order valence-corrected chi connectivity index (χ4v) is 5.97. The lowest BCUT2D eigenvalue weighted by Gasteiger charge is -2.09. The van der Waals surface area contributed by atoms with Gasteiger partial charge in [-0.05, 0) is 24.5 Å². The molecule has 1 atom stereocenters. The van der Waals surface area contributed by atoms with Gasteiger partial charge in [-0.25, -0.2) is 18.4 Å². The minimum Gasteiger partial charge on any atom is -0.451 e. The second-order valence-corrected chi connectivity index (χ2v) is 9.88. The number of thioether (sulfide) groups is 1. The third-order valence-electron chi connectivity index (χ3n) is 4.67. The number of fused-ring (bicyclic) bond motifs is 1. The summed E-state index contributed by atoms with van der Waals surface area (Å²) in [7, 11) is -2.97. The van der Waals surface area contributed by atoms with Crippen molar-refractivity contribution in [1.29, 1.82) is 0 Å². The van der Waals surface area contributed by atoms with E-state index in [1.807, 2.05) is 24.3 Å². The highest BCUT2D eigenvalue weighted by molar-refractivity contribution is 7.98. The van der Waals surface area contributed by atoms with Crippen LogP contribution in [0.3, 0.4) is 0 Å². The number of nitrogens with zero attached hydrogens (tertiary/aromatic N) is 2. The molecule has 3 heterocycles. The van der Waals surface area contributed by atoms with E-state index in [1.165, 1.54) is 11.8 Å². The Balaban J connectivity index is 1.53. The highest BCUT2D eigenvalue weighted by atomic mass is 32.2. The zero-order chi connectivity index (χ0) is 19.6. The number of para-hydroxylation sites is 1. The number of rotatable bonds is 6. The maximum atomic E-state index is 12.8. The van der Waals surface area contributed by atoms with Crippen LogP contribution >= 0.6 is 11.8 Å². The molecule has 146 valence electrons. The van der Waals surface area contributed by atoms with Gasteiger partial charge in [0.05, 0.1) is 11.5 Å². The summed E-state index contributed by atoms with van der Waals surface area (Å²) >= 11 is 1.43. The monoisotopic (exact) mass is 417 g/mol. The summed E-state index contributed by atoms with van der Waals surface area (Å²) < 4.78 is 29.0. The van der Waals surface area contributed by atoms with Crippen LogP contribution in [-0.2, 0) is 15.6 Å². The van der Waals surface area contributed by atoms with E-state index < -0.39 is 9.84 Å². The number of carbonyl (C=O) groups excluding carboxylic acids is 1. The number of aromatic nitrogens is 2. The first-order chi connectivity index (χ1) is 13.5. The lowest BCUT2D eigenvalue weighted by Crippen LogP contribution is -2.30. The predicted octanol–water partition coefficient (Wildman–Crippen LogP) is 2.68. The second kappa shape index (κ2) is 7.92. The Morgan fingerprint density at radius 1 is 1.21 bits per heavy atom. The molecule has 0 saturated carbocycles. The molecule has 3 aromatic rings. The van der Waals surface area contributed by atoms with Gasteiger partial charge in [0.2, 0.25) is 0 Å². The average Bonchev–Trinajstić information content (AvgIpc) is 3.25. The molecule has 2 aromatic heterocycles. The number of benzene rings is 1. The highest BCUT2D eigenvalue weighted by Gasteiger charge is 2.29. The van der Waals surface area contributed by atoms with Crippen molar-refractivity contribution in [3.8, 4) is 0 Å². The highest BCUT2D eigenvalue weighted by Crippen LogP contribution is 2.31. The van der Waals surface area contributed by atoms with Gasteiger partial charge in [-0.2, -0.15) is 0 Å². The topological polar surface area (TPSA) is 102 Å². The smallest absolute Gasteiger partial charge is 0.287 e. The SMILES string of the molecule is O=C(NCC1CCS(=O)(=O)C1)c1oc2ccccc2c1CSc1ncccn1. The van der Waals surface area contributed by atoms with Gasteiger partial charge in [0, 0.05) is 35.6 Å². The molecule has 1 aliphatic rings. The summed E-state index contributed by atoms with van der Waals surface area (Å²) in [6.45, 7) is 0.323. The Morgan fingerprint density at radius 3 is 2.75 bits per heavy atom. The van der Waals surface area contributed by atoms with Crippen molar-refractivity contribution in [3.63, 3.8) is 0 Å². The Bertz CT molecular complexity index is 1100. The summed E-state index contributed by atoms with van der Waals surface area (Å²) in [5, 5.41) is 4.34. The van der Waals surface area contributed by atoms with Crippen LogP contribution in [0.25, 0.3) is 11.0 Å². The van der Waals surface area contributed by atoms with Crippen molar-refractivity contribution in [2.75, 3.05) is 18.1 Å². The van der Waals surface area contributed by atoms with Crippen molar-refractivity contribution in [2.24, 2.45) is 5.92 Å². The van der Waals surface area contributed by atoms with Gasteiger partial charge in [0.25, 0.3) is 5.91 Å². The van der Waals surface area contributed by atoms with E-state index in [2.05, 4.69) is 15.3 Å². The molecule has 0 aliphatic carbocycles. The van der Waals surface area contributed by atoms with Crippen molar-refractivity contribution < 1.29 is 17.6 Å². The van der Waals surface area contributed by atoms with Gasteiger partial charge >= 0.3 is 0 Å². The van der Waals surface area contributed by atoms with Gasteiger partial charge in [-0.1, -0.05) is 30.0 Å². The zero-order valence-corrected chi connectivity index (χ0v) is 16.6. The molecular formula is C19H19N3O4S2. The van der Waals surface area contributed by atoms with E-state index in [4.69, 9.17) is 4.42 Å². The maximum Gasteiger partial charge on any atom is 0.287 e. The number of hydrogen-bond acceptors (Lipinski definition) is 7. The molecule has 1 aliphatic heterocycles. The third kappa shape index (κ3) is 4.20. The molecule has 1 N–H and O–H groups in total. The summed E-state index contributed by atoms with van der Waals surface area (Å²) in [6.07, 6.45) is 3.93. The molecule has 1 amide bonds. The van der Waals surface area contributed by atoms with Crippen molar-refractivity contribution in [1.82, 2.24) is 15.3 Å². The van der Waals surface area contributed by atoms with Crippen LogP contribution in [0.5, 0.6) is 0 Å². The van der Waals surface area contributed by atoms with Crippen LogP contribution in [0.1, 0.15) is 22.5 Å². The Hall–Kier alpha value is -2.39. The summed E-state index contributed by atoms with van der Waals surface area (Å²) in [6, 6.07) is 9.24. The quantitative estimate of drug-likeness (QED) is 0.486. The van der Waals surface area contributed by atoms with Crippen molar-refractivity contribution in [2.45, 2.75) is 17.3 Å². The normalized spacial score (nSPS) is 18.4. The summed E-state index contributed by atoms with van der Waals surface area (Å²) in [5.74, 6) is 0.685. The minimum absolute atomic E-state index is 0.0473. The largest absolute Gasteiger partial charge is 0.451 e. The summed E-state index contributed by atoms with van der Waals surface area (Å²) in [4.78, 5) is 21.2. The van der Waals surface area contributed by atoms with Crippen LogP contribution in [0.15, 0.2) is 52.3 Å². The molecule has 0 spiro atoms. The Labute approximate surface area is 166 Å². The molecular weight excluding hydrogens is 398 g/mol. The zero-order valence-electron chi connectivity index (χ0n) is 15.0. The Morgan fingerprint density at radius 2 is 2.00 bits per heavy atom. The lowest BCUT2D eigenvalue weighted by atomic mass is 10.1. The molecule has 9 heteroatoms. The van der Waals surface area contributed by atoms with Gasteiger partial charge in [0.1, 0.15) is 5.58 Å². The standard InChI is InChI=1S/C19H19N3O4S2/c23-18(22-10-13-6-9-28(24,25)12-13)17-15(11-27-19-20-7-3-8-21-19)14-4-1-2-5-16(14)26-17/h1-5,7-8,13H,6,9-12H2,(H,22,23). The van der Waals surface area contributed by atoms with E-state index in [1.54, 1.807) is 18.5 Å². The first-order valence-corrected chi connectivity index (χ1v) is 11.7. The first kappa shape index (κ1) is 18.9. The van der Waals surface area contributed by atoms with Crippen LogP contribution in [0.2, 0.25) is 0 Å². The molecule has 0 radical (unpaired) electrons. The van der Waals surface area contributed by atoms with Crippen molar-refractivity contribution >= 4 is 38.5 Å². The fraction of sp³-hybridized carbons (Fsp3) is 0.316. The number of carbonyl (C=O) groups is 1. The molecule has 0 bridgehead atoms. The molecule has 1 fully saturated rings. The van der Waals surface area contributed by atoms with Gasteiger partial charge in [-0.15, -0.1) is 0 Å². The molecule has 28 heavy (non-hydrogen) atoms. The lowest BCUT2D eigenvalue weighted by molar-refractivity contribution is 0.0922. The molecule has 1 unspecified atom stereocenters. The molecule has 1 aromatic carbocycles. The first-order valence-electron chi connectivity index (χ1n) is 8.91. The van der Waals surface area contributed by atoms with E-state index in [0.29, 0.717) is 29.5 Å². The minimum atomic E-state index is -2.97. The predicted molar refractivity (Wildman–Crippen MR) is 107 cm³/mol. The Kier molecular flexibility index (Phi) is 5.36. The van der Waals surface area contributed by atoms with E-state index in [-0.39, 0.29) is 29.1 Å². The average molecular weight is 418 g/mol. The van der Waals surface area contributed by atoms with Gasteiger partial charge < -0.3 is 9.73 Å². The van der Waals surface area contributed by atoms with Crippen LogP contribution in [0.4, 0.5) is 0 Å². The van der Waals surface area contributed by atoms with Crippen LogP contribution in [-0.4, -0.2) is 42.3 Å². The molecule has 7 nitrogen and oxygen atoms in total. The van der Waals surface area contributed by atoms with E-state index in [0.717, 1.165) is 10.9 Å². The molecule has 4 rings (SSSR count). The maximum absolute atomic E-state index is 12.8. The number of nitrogens with one attached hydrogen (secondary N) is 1. The molecule has 1 saturated heterocycles. The van der Waals surface area contributed by atoms with E-state index in [9.17, 15) is 13.2 Å². The number of amides is 1. The van der Waals surface area contributed by atoms with Crippen LogP contribution < -0.4 is 5.32 Å². The fourth-order valence-electron chi connectivity index (χ4n) is 3.27. The third-order valence-corrected chi connectivity index (χ3v) is 7.41. The van der Waals surface area contributed by atoms with Crippen LogP contribution in [0, 0.1) is 5.92 Å². The van der Waals surface area contributed by atoms with E-state index >= 15 is 0 Å². The number of furan rings is 1. The van der Waals surface area contributed by atoms with Gasteiger partial charge in [0.15, 0.2) is 20.8 Å². The number of sulfone groups is 1. The second-order valence-electron chi connectivity index (χ2n) is 6.71.